The molecule has 0 bridgehead atoms. The normalized spacial score (nSPS) is 11.7. The molecular formula is C20H19N5O3S2. The van der Waals surface area contributed by atoms with Gasteiger partial charge in [-0.1, -0.05) is 41.7 Å². The summed E-state index contributed by atoms with van der Waals surface area (Å²) in [5, 5.41) is 13.7. The van der Waals surface area contributed by atoms with Crippen molar-refractivity contribution in [3.8, 4) is 11.3 Å². The van der Waals surface area contributed by atoms with E-state index in [-0.39, 0.29) is 10.7 Å². The number of nitrogens with one attached hydrogen (secondary N) is 1. The lowest BCUT2D eigenvalue weighted by atomic mass is 10.1. The highest BCUT2D eigenvalue weighted by molar-refractivity contribution is 7.89. The molecule has 0 amide bonds. The Kier molecular flexibility index (Phi) is 5.37. The number of benzene rings is 2. The number of nitrogens with zero attached hydrogens (tertiary/aromatic N) is 3. The van der Waals surface area contributed by atoms with Crippen LogP contribution in [-0.2, 0) is 16.4 Å². The topological polar surface area (TPSA) is 119 Å². The molecule has 0 radical (unpaired) electrons. The third kappa shape index (κ3) is 4.25. The summed E-state index contributed by atoms with van der Waals surface area (Å²) in [7, 11) is -3.68. The zero-order valence-electron chi connectivity index (χ0n) is 16.1. The van der Waals surface area contributed by atoms with Gasteiger partial charge in [-0.15, -0.1) is 5.10 Å². The molecule has 0 aliphatic rings. The lowest BCUT2D eigenvalue weighted by Gasteiger charge is -2.04. The summed E-state index contributed by atoms with van der Waals surface area (Å²) >= 11 is 1.43. The molecule has 8 nitrogen and oxygen atoms in total. The van der Waals surface area contributed by atoms with E-state index in [1.807, 2.05) is 18.2 Å². The molecule has 0 atom stereocenters. The zero-order valence-corrected chi connectivity index (χ0v) is 17.7. The van der Waals surface area contributed by atoms with Crippen LogP contribution in [0.5, 0.6) is 0 Å². The lowest BCUT2D eigenvalue weighted by Crippen LogP contribution is -2.12. The summed E-state index contributed by atoms with van der Waals surface area (Å²) < 4.78 is 24.4. The summed E-state index contributed by atoms with van der Waals surface area (Å²) in [6, 6.07) is 13.9. The number of aromatic nitrogens is 3. The lowest BCUT2D eigenvalue weighted by molar-refractivity contribution is 0.101. The standard InChI is InChI=1S/C20H19N5O3S2/c1-13(26)15-3-2-4-16(11-15)18-12-23-20-25(18)24-19(29-20)22-10-9-14-5-7-17(8-6-14)30(21,27)28/h2-8,11-12H,9-10H2,1H3,(H,22,24)(H2,21,27,28). The molecule has 3 N–H and O–H groups in total. The smallest absolute Gasteiger partial charge is 0.238 e. The maximum Gasteiger partial charge on any atom is 0.238 e. The number of imidazole rings is 1. The molecule has 0 fully saturated rings. The number of hydrogen-bond acceptors (Lipinski definition) is 7. The Bertz CT molecular complexity index is 1320. The van der Waals surface area contributed by atoms with Gasteiger partial charge in [0.1, 0.15) is 0 Å². The molecule has 0 aliphatic heterocycles. The molecule has 30 heavy (non-hydrogen) atoms. The molecule has 0 saturated carbocycles. The van der Waals surface area contributed by atoms with E-state index in [2.05, 4.69) is 15.4 Å². The van der Waals surface area contributed by atoms with Crippen molar-refractivity contribution < 1.29 is 13.2 Å². The van der Waals surface area contributed by atoms with Crippen molar-refractivity contribution in [2.45, 2.75) is 18.2 Å². The molecule has 4 aromatic rings. The Labute approximate surface area is 177 Å². The number of fused-ring (bicyclic) bond motifs is 1. The maximum atomic E-state index is 11.7. The van der Waals surface area contributed by atoms with Crippen molar-refractivity contribution in [2.24, 2.45) is 5.14 Å². The Balaban J connectivity index is 1.46. The van der Waals surface area contributed by atoms with E-state index < -0.39 is 10.0 Å². The number of hydrogen-bond donors (Lipinski definition) is 2. The van der Waals surface area contributed by atoms with Crippen LogP contribution in [0.3, 0.4) is 0 Å². The predicted molar refractivity (Wildman–Crippen MR) is 116 cm³/mol. The Morgan fingerprint density at radius 2 is 1.97 bits per heavy atom. The van der Waals surface area contributed by atoms with Gasteiger partial charge in [0.25, 0.3) is 0 Å². The van der Waals surface area contributed by atoms with Crippen LogP contribution in [0.4, 0.5) is 5.13 Å². The summed E-state index contributed by atoms with van der Waals surface area (Å²) in [4.78, 5) is 16.9. The van der Waals surface area contributed by atoms with E-state index in [1.165, 1.54) is 23.5 Å². The van der Waals surface area contributed by atoms with Crippen molar-refractivity contribution in [1.82, 2.24) is 14.6 Å². The highest BCUT2D eigenvalue weighted by atomic mass is 32.2. The fourth-order valence-corrected chi connectivity index (χ4v) is 4.33. The van der Waals surface area contributed by atoms with Crippen LogP contribution in [-0.4, -0.2) is 35.3 Å². The summed E-state index contributed by atoms with van der Waals surface area (Å²) in [5.74, 6) is 0.00957. The largest absolute Gasteiger partial charge is 0.360 e. The van der Waals surface area contributed by atoms with Crippen molar-refractivity contribution in [3.63, 3.8) is 0 Å². The van der Waals surface area contributed by atoms with Gasteiger partial charge in [0.15, 0.2) is 5.78 Å². The van der Waals surface area contributed by atoms with Gasteiger partial charge in [0.2, 0.25) is 20.1 Å². The van der Waals surface area contributed by atoms with Gasteiger partial charge in [0, 0.05) is 17.7 Å². The minimum atomic E-state index is -3.68. The van der Waals surface area contributed by atoms with Crippen LogP contribution in [0.1, 0.15) is 22.8 Å². The van der Waals surface area contributed by atoms with Crippen LogP contribution in [0, 0.1) is 0 Å². The van der Waals surface area contributed by atoms with Crippen molar-refractivity contribution in [2.75, 3.05) is 11.9 Å². The Morgan fingerprint density at radius 3 is 2.67 bits per heavy atom. The molecular weight excluding hydrogens is 422 g/mol. The average molecular weight is 442 g/mol. The van der Waals surface area contributed by atoms with Crippen LogP contribution in [0.25, 0.3) is 16.2 Å². The minimum Gasteiger partial charge on any atom is -0.360 e. The van der Waals surface area contributed by atoms with Crippen LogP contribution in [0.2, 0.25) is 0 Å². The zero-order chi connectivity index (χ0) is 21.3. The quantitative estimate of drug-likeness (QED) is 0.426. The number of Topliss-reactive ketones (excluding diaryl/α,β-unsaturated/α-hetero) is 1. The molecule has 2 aromatic heterocycles. The average Bonchev–Trinajstić information content (AvgIpc) is 3.28. The molecule has 0 saturated heterocycles. The predicted octanol–water partition coefficient (Wildman–Crippen LogP) is 2.96. The van der Waals surface area contributed by atoms with Crippen molar-refractivity contribution >= 4 is 37.2 Å². The van der Waals surface area contributed by atoms with E-state index in [1.54, 1.807) is 35.8 Å². The van der Waals surface area contributed by atoms with E-state index in [4.69, 9.17) is 5.14 Å². The van der Waals surface area contributed by atoms with Gasteiger partial charge in [-0.2, -0.15) is 0 Å². The molecule has 0 spiro atoms. The van der Waals surface area contributed by atoms with Crippen LogP contribution >= 0.6 is 11.3 Å². The molecule has 10 heteroatoms. The number of rotatable bonds is 7. The number of nitrogens with two attached hydrogens (primary N) is 1. The molecule has 0 aliphatic carbocycles. The van der Waals surface area contributed by atoms with Crippen molar-refractivity contribution in [3.05, 3.63) is 65.9 Å². The molecule has 4 rings (SSSR count). The van der Waals surface area contributed by atoms with E-state index in [9.17, 15) is 13.2 Å². The first-order valence-corrected chi connectivity index (χ1v) is 11.5. The number of anilines is 1. The first-order chi connectivity index (χ1) is 14.3. The number of ketones is 1. The van der Waals surface area contributed by atoms with Crippen LogP contribution < -0.4 is 10.5 Å². The Hall–Kier alpha value is -3.08. The molecule has 2 aromatic carbocycles. The molecule has 2 heterocycles. The second-order valence-electron chi connectivity index (χ2n) is 6.75. The van der Waals surface area contributed by atoms with Crippen molar-refractivity contribution in [1.29, 1.82) is 0 Å². The minimum absolute atomic E-state index is 0.00957. The Morgan fingerprint density at radius 1 is 1.20 bits per heavy atom. The molecule has 0 unspecified atom stereocenters. The van der Waals surface area contributed by atoms with Gasteiger partial charge < -0.3 is 5.32 Å². The number of primary sulfonamides is 1. The summed E-state index contributed by atoms with van der Waals surface area (Å²) in [6.45, 7) is 2.17. The molecule has 154 valence electrons. The third-order valence-corrected chi connectivity index (χ3v) is 6.40. The SMILES string of the molecule is CC(=O)c1cccc(-c2cnc3sc(NCCc4ccc(S(N)(=O)=O)cc4)nn23)c1. The maximum absolute atomic E-state index is 11.7. The third-order valence-electron chi connectivity index (χ3n) is 4.59. The second kappa shape index (κ2) is 7.98. The monoisotopic (exact) mass is 441 g/mol. The van der Waals surface area contributed by atoms with E-state index in [0.29, 0.717) is 18.5 Å². The van der Waals surface area contributed by atoms with Gasteiger partial charge in [-0.25, -0.2) is 23.1 Å². The number of carbonyl (C=O) groups excluding carboxylic acids is 1. The first-order valence-electron chi connectivity index (χ1n) is 9.13. The fourth-order valence-electron chi connectivity index (χ4n) is 3.02. The van der Waals surface area contributed by atoms with Gasteiger partial charge >= 0.3 is 0 Å². The first kappa shape index (κ1) is 20.2. The van der Waals surface area contributed by atoms with Gasteiger partial charge in [-0.05, 0) is 37.1 Å². The summed E-state index contributed by atoms with van der Waals surface area (Å²) in [6.07, 6.45) is 2.44. The number of sulfonamides is 1. The van der Waals surface area contributed by atoms with Gasteiger partial charge in [0.05, 0.1) is 16.8 Å². The van der Waals surface area contributed by atoms with Crippen LogP contribution in [0.15, 0.2) is 59.6 Å². The summed E-state index contributed by atoms with van der Waals surface area (Å²) in [5.41, 5.74) is 3.32. The highest BCUT2D eigenvalue weighted by Crippen LogP contribution is 2.26. The highest BCUT2D eigenvalue weighted by Gasteiger charge is 2.13. The number of carbonyl (C=O) groups is 1. The second-order valence-corrected chi connectivity index (χ2v) is 9.27. The van der Waals surface area contributed by atoms with Gasteiger partial charge in [-0.3, -0.25) is 4.79 Å². The van der Waals surface area contributed by atoms with E-state index >= 15 is 0 Å². The fraction of sp³-hybridized carbons (Fsp3) is 0.150. The van der Waals surface area contributed by atoms with E-state index in [0.717, 1.165) is 26.9 Å².